The van der Waals surface area contributed by atoms with E-state index < -0.39 is 11.6 Å². The monoisotopic (exact) mass is 636 g/mol. The molecule has 0 saturated carbocycles. The van der Waals surface area contributed by atoms with Gasteiger partial charge in [-0.3, -0.25) is 9.59 Å². The second-order valence-corrected chi connectivity index (χ2v) is 14.3. The van der Waals surface area contributed by atoms with Crippen LogP contribution < -0.4 is 5.32 Å². The number of rotatable bonds is 37. The fraction of sp³-hybridized carbons (Fsp3) is 0.951. The van der Waals surface area contributed by atoms with Gasteiger partial charge in [-0.05, 0) is 26.3 Å². The van der Waals surface area contributed by atoms with E-state index >= 15 is 0 Å². The lowest BCUT2D eigenvalue weighted by Gasteiger charge is -2.35. The summed E-state index contributed by atoms with van der Waals surface area (Å²) in [7, 11) is 1.72. The maximum absolute atomic E-state index is 13.2. The third kappa shape index (κ3) is 24.1. The van der Waals surface area contributed by atoms with Crippen LogP contribution in [-0.2, 0) is 9.59 Å². The van der Waals surface area contributed by atoms with Crippen LogP contribution in [0.1, 0.15) is 233 Å². The summed E-state index contributed by atoms with van der Waals surface area (Å²) in [5.41, 5.74) is -1.14. The second-order valence-electron chi connectivity index (χ2n) is 14.3. The van der Waals surface area contributed by atoms with Crippen molar-refractivity contribution in [1.29, 1.82) is 0 Å². The summed E-state index contributed by atoms with van der Waals surface area (Å²) < 4.78 is 0. The zero-order valence-electron chi connectivity index (χ0n) is 31.2. The number of Topliss-reactive ketones (excluding diaryl/α,β-unsaturated/α-hetero) is 2. The minimum Gasteiger partial charge on any atom is -0.383 e. The van der Waals surface area contributed by atoms with Crippen molar-refractivity contribution >= 4 is 11.6 Å². The van der Waals surface area contributed by atoms with Crippen LogP contribution in [0.25, 0.3) is 0 Å². The molecule has 0 amide bonds. The van der Waals surface area contributed by atoms with Gasteiger partial charge in [0, 0.05) is 12.8 Å². The Labute approximate surface area is 282 Å². The second kappa shape index (κ2) is 33.2. The van der Waals surface area contributed by atoms with Gasteiger partial charge in [-0.2, -0.15) is 0 Å². The van der Waals surface area contributed by atoms with Crippen LogP contribution in [0.3, 0.4) is 0 Å². The molecule has 2 unspecified atom stereocenters. The van der Waals surface area contributed by atoms with Gasteiger partial charge in [0.2, 0.25) is 0 Å². The van der Waals surface area contributed by atoms with Crippen LogP contribution in [0, 0.1) is 0 Å². The van der Waals surface area contributed by atoms with Gasteiger partial charge in [0.05, 0.1) is 0 Å². The number of nitrogens with one attached hydrogen (secondary N) is 1. The first-order valence-corrected chi connectivity index (χ1v) is 20.4. The Hall–Kier alpha value is -0.740. The molecule has 268 valence electrons. The topological polar surface area (TPSA) is 66.4 Å². The van der Waals surface area contributed by atoms with Crippen LogP contribution >= 0.6 is 0 Å². The van der Waals surface area contributed by atoms with Gasteiger partial charge in [-0.1, -0.05) is 201 Å². The first-order valence-electron chi connectivity index (χ1n) is 20.4. The molecule has 0 radical (unpaired) electrons. The summed E-state index contributed by atoms with van der Waals surface area (Å²) in [6.07, 6.45) is 38.8. The van der Waals surface area contributed by atoms with Crippen LogP contribution in [-0.4, -0.2) is 35.4 Å². The molecule has 0 fully saturated rings. The third-order valence-corrected chi connectivity index (χ3v) is 10.3. The van der Waals surface area contributed by atoms with Crippen LogP contribution in [0.5, 0.6) is 0 Å². The molecule has 0 rings (SSSR count). The largest absolute Gasteiger partial charge is 0.383 e. The van der Waals surface area contributed by atoms with Crippen molar-refractivity contribution in [1.82, 2.24) is 5.32 Å². The highest BCUT2D eigenvalue weighted by Gasteiger charge is 2.44. The van der Waals surface area contributed by atoms with Gasteiger partial charge in [0.15, 0.2) is 11.6 Å². The van der Waals surface area contributed by atoms with E-state index in [9.17, 15) is 14.7 Å². The Morgan fingerprint density at radius 2 is 0.733 bits per heavy atom. The lowest BCUT2D eigenvalue weighted by molar-refractivity contribution is -0.141. The molecule has 0 aliphatic carbocycles. The van der Waals surface area contributed by atoms with E-state index in [0.717, 1.165) is 32.1 Å². The smallest absolute Gasteiger partial charge is 0.163 e. The predicted molar refractivity (Wildman–Crippen MR) is 197 cm³/mol. The van der Waals surface area contributed by atoms with Crippen molar-refractivity contribution < 1.29 is 14.7 Å². The Morgan fingerprint density at radius 1 is 0.467 bits per heavy atom. The van der Waals surface area contributed by atoms with E-state index in [1.54, 1.807) is 7.05 Å². The lowest BCUT2D eigenvalue weighted by atomic mass is 9.80. The van der Waals surface area contributed by atoms with Gasteiger partial charge in [0.1, 0.15) is 11.6 Å². The highest BCUT2D eigenvalue weighted by molar-refractivity contribution is 5.97. The number of hydrogen-bond acceptors (Lipinski definition) is 4. The predicted octanol–water partition coefficient (Wildman–Crippen LogP) is 12.4. The third-order valence-electron chi connectivity index (χ3n) is 10.3. The molecule has 0 aliphatic heterocycles. The molecule has 0 heterocycles. The Morgan fingerprint density at radius 3 is 1.00 bits per heavy atom. The summed E-state index contributed by atoms with van der Waals surface area (Å²) >= 11 is 0. The molecule has 0 saturated heterocycles. The highest BCUT2D eigenvalue weighted by atomic mass is 16.3. The van der Waals surface area contributed by atoms with Crippen molar-refractivity contribution in [3.05, 3.63) is 0 Å². The summed E-state index contributed by atoms with van der Waals surface area (Å²) in [5, 5.41) is 14.1. The first kappa shape index (κ1) is 44.3. The van der Waals surface area contributed by atoms with Crippen molar-refractivity contribution in [2.45, 2.75) is 244 Å². The number of carbonyl (C=O) groups excluding carboxylic acids is 2. The molecule has 0 aliphatic rings. The molecular formula is C41H81NO3. The standard InChI is InChI=1S/C41H81NO3/c1-5-8-10-12-14-16-18-20-22-24-26-28-30-32-34-36-38(43)40(45)41(7-3,42-4)39(44)37-35-33-31-29-27-25-23-21-19-17-15-13-11-9-6-2/h40,42,45H,5-37H2,1-4H3. The quantitative estimate of drug-likeness (QED) is 0.0666. The number of hydrogen-bond donors (Lipinski definition) is 2. The van der Waals surface area contributed by atoms with E-state index in [4.69, 9.17) is 0 Å². The fourth-order valence-corrected chi connectivity index (χ4v) is 6.96. The summed E-state index contributed by atoms with van der Waals surface area (Å²) in [4.78, 5) is 26.2. The average molecular weight is 636 g/mol. The molecule has 0 bridgehead atoms. The number of aliphatic hydroxyl groups is 1. The zero-order valence-corrected chi connectivity index (χ0v) is 31.2. The maximum atomic E-state index is 13.2. The SMILES string of the molecule is CCCCCCCCCCCCCCCCCC(=O)C(O)C(CC)(NC)C(=O)CCCCCCCCCCCCCCCCC. The Bertz CT molecular complexity index is 645. The summed E-state index contributed by atoms with van der Waals surface area (Å²) in [6, 6.07) is 0. The van der Waals surface area contributed by atoms with Crippen molar-refractivity contribution in [3.8, 4) is 0 Å². The summed E-state index contributed by atoms with van der Waals surface area (Å²) in [5.74, 6) is -0.176. The molecule has 0 spiro atoms. The van der Waals surface area contributed by atoms with Gasteiger partial charge in [0.25, 0.3) is 0 Å². The molecule has 2 atom stereocenters. The van der Waals surface area contributed by atoms with E-state index in [2.05, 4.69) is 19.2 Å². The maximum Gasteiger partial charge on any atom is 0.163 e. The van der Waals surface area contributed by atoms with Crippen LogP contribution in [0.4, 0.5) is 0 Å². The van der Waals surface area contributed by atoms with E-state index in [-0.39, 0.29) is 11.6 Å². The number of unbranched alkanes of at least 4 members (excludes halogenated alkanes) is 28. The van der Waals surface area contributed by atoms with E-state index in [1.165, 1.54) is 161 Å². The minimum atomic E-state index is -1.25. The molecule has 0 aromatic carbocycles. The van der Waals surface area contributed by atoms with Crippen LogP contribution in [0.15, 0.2) is 0 Å². The van der Waals surface area contributed by atoms with E-state index in [1.807, 2.05) is 6.92 Å². The molecule has 4 heteroatoms. The molecule has 0 aromatic heterocycles. The van der Waals surface area contributed by atoms with Crippen molar-refractivity contribution in [2.75, 3.05) is 7.05 Å². The minimum absolute atomic E-state index is 0.000429. The molecule has 2 N–H and O–H groups in total. The molecule has 4 nitrogen and oxygen atoms in total. The number of carbonyl (C=O) groups is 2. The lowest BCUT2D eigenvalue weighted by Crippen LogP contribution is -2.61. The highest BCUT2D eigenvalue weighted by Crippen LogP contribution is 2.24. The fourth-order valence-electron chi connectivity index (χ4n) is 6.96. The first-order chi connectivity index (χ1) is 22.0. The van der Waals surface area contributed by atoms with Crippen molar-refractivity contribution in [2.24, 2.45) is 0 Å². The van der Waals surface area contributed by atoms with Crippen LogP contribution in [0.2, 0.25) is 0 Å². The Kier molecular flexibility index (Phi) is 32.6. The number of ketones is 2. The molecule has 0 aromatic rings. The Balaban J connectivity index is 3.92. The van der Waals surface area contributed by atoms with E-state index in [0.29, 0.717) is 19.3 Å². The molecular weight excluding hydrogens is 554 g/mol. The molecule has 45 heavy (non-hydrogen) atoms. The number of aliphatic hydroxyl groups excluding tert-OH is 1. The van der Waals surface area contributed by atoms with Gasteiger partial charge >= 0.3 is 0 Å². The van der Waals surface area contributed by atoms with Gasteiger partial charge < -0.3 is 10.4 Å². The average Bonchev–Trinajstić information content (AvgIpc) is 3.05. The normalized spacial score (nSPS) is 13.6. The van der Waals surface area contributed by atoms with Crippen molar-refractivity contribution in [3.63, 3.8) is 0 Å². The number of likely N-dealkylation sites (N-methyl/N-ethyl adjacent to an activating group) is 1. The zero-order chi connectivity index (χ0) is 33.3. The summed E-state index contributed by atoms with van der Waals surface area (Å²) in [6.45, 7) is 6.46. The van der Waals surface area contributed by atoms with Gasteiger partial charge in [-0.15, -0.1) is 0 Å². The van der Waals surface area contributed by atoms with Gasteiger partial charge in [-0.25, -0.2) is 0 Å².